The number of nitrogens with one attached hydrogen (secondary N) is 1. The highest BCUT2D eigenvalue weighted by atomic mass is 32.2. The molecule has 1 aromatic heterocycles. The molecule has 1 atom stereocenters. The van der Waals surface area contributed by atoms with Crippen LogP contribution in [0.25, 0.3) is 0 Å². The Balaban J connectivity index is 2.00. The summed E-state index contributed by atoms with van der Waals surface area (Å²) in [5.41, 5.74) is 0.409. The first-order valence-electron chi connectivity index (χ1n) is 4.49. The molecular formula is C8H12N4OS. The Hall–Kier alpha value is -1.04. The lowest BCUT2D eigenvalue weighted by Crippen LogP contribution is -2.29. The van der Waals surface area contributed by atoms with Gasteiger partial charge in [-0.05, 0) is 12.7 Å². The Labute approximate surface area is 86.2 Å². The van der Waals surface area contributed by atoms with Gasteiger partial charge < -0.3 is 4.90 Å². The van der Waals surface area contributed by atoms with Crippen LogP contribution in [0.4, 0.5) is 0 Å². The average Bonchev–Trinajstić information content (AvgIpc) is 2.88. The summed E-state index contributed by atoms with van der Waals surface area (Å²) in [6.07, 6.45) is 4.62. The molecule has 1 amide bonds. The first-order chi connectivity index (χ1) is 6.81. The van der Waals surface area contributed by atoms with E-state index in [9.17, 15) is 4.79 Å². The number of carbonyl (C=O) groups excluding carboxylic acids is 1. The predicted octanol–water partition coefficient (Wildman–Crippen LogP) is 0.382. The maximum absolute atomic E-state index is 11.8. The van der Waals surface area contributed by atoms with Gasteiger partial charge in [0.1, 0.15) is 0 Å². The van der Waals surface area contributed by atoms with Crippen LogP contribution in [-0.2, 0) is 0 Å². The molecule has 0 saturated carbocycles. The van der Waals surface area contributed by atoms with Crippen LogP contribution in [0.15, 0.2) is 6.20 Å². The number of hydrogen-bond donors (Lipinski definition) is 1. The fourth-order valence-electron chi connectivity index (χ4n) is 1.57. The number of H-pyrrole nitrogens is 1. The lowest BCUT2D eigenvalue weighted by Gasteiger charge is -2.13. The fourth-order valence-corrected chi connectivity index (χ4v) is 2.24. The zero-order chi connectivity index (χ0) is 9.97. The van der Waals surface area contributed by atoms with Gasteiger partial charge in [-0.3, -0.25) is 4.79 Å². The van der Waals surface area contributed by atoms with Gasteiger partial charge in [0.2, 0.25) is 0 Å². The Kier molecular flexibility index (Phi) is 2.72. The molecule has 2 rings (SSSR count). The maximum atomic E-state index is 11.8. The molecule has 1 aliphatic heterocycles. The van der Waals surface area contributed by atoms with Gasteiger partial charge in [0.25, 0.3) is 5.91 Å². The van der Waals surface area contributed by atoms with E-state index in [1.165, 1.54) is 6.20 Å². The van der Waals surface area contributed by atoms with Crippen molar-refractivity contribution >= 4 is 17.7 Å². The summed E-state index contributed by atoms with van der Waals surface area (Å²) in [5.74, 6) is -0.0182. The molecule has 6 heteroatoms. The van der Waals surface area contributed by atoms with E-state index >= 15 is 0 Å². The highest BCUT2D eigenvalue weighted by Crippen LogP contribution is 2.21. The molecule has 1 unspecified atom stereocenters. The van der Waals surface area contributed by atoms with Crippen molar-refractivity contribution in [2.24, 2.45) is 0 Å². The van der Waals surface area contributed by atoms with Gasteiger partial charge in [0.15, 0.2) is 5.69 Å². The van der Waals surface area contributed by atoms with Crippen molar-refractivity contribution in [1.82, 2.24) is 20.3 Å². The van der Waals surface area contributed by atoms with Crippen molar-refractivity contribution in [3.8, 4) is 0 Å². The van der Waals surface area contributed by atoms with Crippen molar-refractivity contribution in [3.63, 3.8) is 0 Å². The van der Waals surface area contributed by atoms with E-state index in [0.29, 0.717) is 10.9 Å². The number of hydrogen-bond acceptors (Lipinski definition) is 4. The summed E-state index contributed by atoms with van der Waals surface area (Å²) in [6, 6.07) is 0. The lowest BCUT2D eigenvalue weighted by atomic mass is 10.4. The third-order valence-corrected chi connectivity index (χ3v) is 3.45. The molecule has 2 heterocycles. The minimum atomic E-state index is -0.0182. The van der Waals surface area contributed by atoms with Crippen LogP contribution in [0, 0.1) is 0 Å². The normalized spacial score (nSPS) is 21.5. The Morgan fingerprint density at radius 2 is 2.64 bits per heavy atom. The van der Waals surface area contributed by atoms with E-state index < -0.39 is 0 Å². The van der Waals surface area contributed by atoms with E-state index in [0.717, 1.165) is 19.5 Å². The van der Waals surface area contributed by atoms with Crippen molar-refractivity contribution < 1.29 is 4.79 Å². The van der Waals surface area contributed by atoms with E-state index in [1.54, 1.807) is 0 Å². The standard InChI is InChI=1S/C8H12N4OS/c1-14-6-2-3-12(5-6)8(13)7-4-9-11-10-7/h4,6H,2-3,5H2,1H3,(H,9,10,11). The summed E-state index contributed by atoms with van der Waals surface area (Å²) < 4.78 is 0. The van der Waals surface area contributed by atoms with E-state index in [4.69, 9.17) is 0 Å². The third kappa shape index (κ3) is 1.75. The topological polar surface area (TPSA) is 61.9 Å². The number of aromatic amines is 1. The molecule has 0 aromatic carbocycles. The molecule has 0 radical (unpaired) electrons. The number of carbonyl (C=O) groups is 1. The Morgan fingerprint density at radius 3 is 3.21 bits per heavy atom. The molecule has 76 valence electrons. The summed E-state index contributed by atoms with van der Waals surface area (Å²) in [7, 11) is 0. The number of aromatic nitrogens is 3. The van der Waals surface area contributed by atoms with Gasteiger partial charge in [0.05, 0.1) is 6.20 Å². The van der Waals surface area contributed by atoms with Gasteiger partial charge in [-0.2, -0.15) is 27.2 Å². The summed E-state index contributed by atoms with van der Waals surface area (Å²) in [4.78, 5) is 13.6. The average molecular weight is 212 g/mol. The van der Waals surface area contributed by atoms with Crippen molar-refractivity contribution in [1.29, 1.82) is 0 Å². The number of amides is 1. The monoisotopic (exact) mass is 212 g/mol. The molecule has 1 N–H and O–H groups in total. The molecule has 1 aliphatic rings. The summed E-state index contributed by atoms with van der Waals surface area (Å²) in [5, 5.41) is 10.4. The highest BCUT2D eigenvalue weighted by Gasteiger charge is 2.27. The molecule has 5 nitrogen and oxygen atoms in total. The van der Waals surface area contributed by atoms with Gasteiger partial charge in [-0.15, -0.1) is 0 Å². The van der Waals surface area contributed by atoms with Gasteiger partial charge >= 0.3 is 0 Å². The van der Waals surface area contributed by atoms with E-state index in [-0.39, 0.29) is 5.91 Å². The molecule has 1 fully saturated rings. The first-order valence-corrected chi connectivity index (χ1v) is 5.78. The van der Waals surface area contributed by atoms with Crippen LogP contribution >= 0.6 is 11.8 Å². The van der Waals surface area contributed by atoms with E-state index in [1.807, 2.05) is 16.7 Å². The van der Waals surface area contributed by atoms with Crippen molar-refractivity contribution in [2.75, 3.05) is 19.3 Å². The molecule has 14 heavy (non-hydrogen) atoms. The van der Waals surface area contributed by atoms with Crippen LogP contribution < -0.4 is 0 Å². The fraction of sp³-hybridized carbons (Fsp3) is 0.625. The number of nitrogens with zero attached hydrogens (tertiary/aromatic N) is 3. The highest BCUT2D eigenvalue weighted by molar-refractivity contribution is 7.99. The van der Waals surface area contributed by atoms with Gasteiger partial charge in [-0.25, -0.2) is 0 Å². The number of likely N-dealkylation sites (tertiary alicyclic amines) is 1. The smallest absolute Gasteiger partial charge is 0.276 e. The third-order valence-electron chi connectivity index (χ3n) is 2.40. The van der Waals surface area contributed by atoms with Crippen LogP contribution in [-0.4, -0.2) is 50.8 Å². The summed E-state index contributed by atoms with van der Waals surface area (Å²) >= 11 is 1.81. The zero-order valence-electron chi connectivity index (χ0n) is 7.93. The number of thioether (sulfide) groups is 1. The molecular weight excluding hydrogens is 200 g/mol. The van der Waals surface area contributed by atoms with Gasteiger partial charge in [-0.1, -0.05) is 0 Å². The van der Waals surface area contributed by atoms with Crippen molar-refractivity contribution in [3.05, 3.63) is 11.9 Å². The zero-order valence-corrected chi connectivity index (χ0v) is 8.75. The second-order valence-corrected chi connectivity index (χ2v) is 4.39. The summed E-state index contributed by atoms with van der Waals surface area (Å²) in [6.45, 7) is 1.66. The molecule has 1 aromatic rings. The second-order valence-electron chi connectivity index (χ2n) is 3.25. The van der Waals surface area contributed by atoms with E-state index in [2.05, 4.69) is 21.7 Å². The maximum Gasteiger partial charge on any atom is 0.276 e. The SMILES string of the molecule is CSC1CCN(C(=O)c2cn[nH]n2)C1. The quantitative estimate of drug-likeness (QED) is 0.770. The second kappa shape index (κ2) is 4.00. The van der Waals surface area contributed by atoms with Crippen LogP contribution in [0.1, 0.15) is 16.9 Å². The van der Waals surface area contributed by atoms with Crippen LogP contribution in [0.2, 0.25) is 0 Å². The molecule has 1 saturated heterocycles. The Bertz CT molecular complexity index is 313. The van der Waals surface area contributed by atoms with Gasteiger partial charge in [0, 0.05) is 18.3 Å². The molecule has 0 spiro atoms. The largest absolute Gasteiger partial charge is 0.336 e. The molecule has 0 bridgehead atoms. The van der Waals surface area contributed by atoms with Crippen LogP contribution in [0.5, 0.6) is 0 Å². The minimum absolute atomic E-state index is 0.0182. The van der Waals surface area contributed by atoms with Crippen molar-refractivity contribution in [2.45, 2.75) is 11.7 Å². The van der Waals surface area contributed by atoms with Crippen LogP contribution in [0.3, 0.4) is 0 Å². The molecule has 0 aliphatic carbocycles. The minimum Gasteiger partial charge on any atom is -0.336 e. The lowest BCUT2D eigenvalue weighted by molar-refractivity contribution is 0.0787. The first kappa shape index (κ1) is 9.51. The predicted molar refractivity (Wildman–Crippen MR) is 54.2 cm³/mol. The Morgan fingerprint density at radius 1 is 1.79 bits per heavy atom. The number of rotatable bonds is 2.